The lowest BCUT2D eigenvalue weighted by Crippen LogP contribution is -2.44. The average Bonchev–Trinajstić information content (AvgIpc) is 2.16. The van der Waals surface area contributed by atoms with Crippen LogP contribution in [-0.2, 0) is 4.79 Å². The second kappa shape index (κ2) is 3.09. The largest absolute Gasteiger partial charge is 0.346 e. The Morgan fingerprint density at radius 1 is 1.64 bits per heavy atom. The van der Waals surface area contributed by atoms with Crippen molar-refractivity contribution in [3.8, 4) is 0 Å². The molecule has 0 bridgehead atoms. The molecule has 1 amide bonds. The summed E-state index contributed by atoms with van der Waals surface area (Å²) >= 11 is 5.66. The molecule has 2 heterocycles. The van der Waals surface area contributed by atoms with Gasteiger partial charge in [-0.15, -0.1) is 0 Å². The summed E-state index contributed by atoms with van der Waals surface area (Å²) in [5.74, 6) is 0.586. The number of carbonyl (C=O) groups is 1. The number of halogens is 1. The summed E-state index contributed by atoms with van der Waals surface area (Å²) < 4.78 is 0. The first kappa shape index (κ1) is 9.21. The highest BCUT2D eigenvalue weighted by Gasteiger charge is 2.28. The highest BCUT2D eigenvalue weighted by Crippen LogP contribution is 2.28. The van der Waals surface area contributed by atoms with Crippen LogP contribution in [0.4, 0.5) is 11.5 Å². The third kappa shape index (κ3) is 1.29. The zero-order valence-corrected chi connectivity index (χ0v) is 8.54. The Labute approximate surface area is 86.1 Å². The van der Waals surface area contributed by atoms with Gasteiger partial charge in [0.05, 0.1) is 6.20 Å². The van der Waals surface area contributed by atoms with Crippen LogP contribution in [0.5, 0.6) is 0 Å². The fraction of sp³-hybridized carbons (Fsp3) is 0.375. The molecule has 74 valence electrons. The SMILES string of the molecule is CC1C(=O)Nc2cnc(Cl)nc2N1C. The molecule has 0 aromatic carbocycles. The van der Waals surface area contributed by atoms with Gasteiger partial charge in [-0.3, -0.25) is 4.79 Å². The van der Waals surface area contributed by atoms with Crippen molar-refractivity contribution in [3.05, 3.63) is 11.5 Å². The van der Waals surface area contributed by atoms with Gasteiger partial charge < -0.3 is 10.2 Å². The van der Waals surface area contributed by atoms with Gasteiger partial charge in [0.2, 0.25) is 11.2 Å². The lowest BCUT2D eigenvalue weighted by Gasteiger charge is -2.31. The van der Waals surface area contributed by atoms with Crippen LogP contribution in [0.1, 0.15) is 6.92 Å². The van der Waals surface area contributed by atoms with E-state index in [1.54, 1.807) is 18.9 Å². The molecule has 0 spiro atoms. The highest BCUT2D eigenvalue weighted by molar-refractivity contribution is 6.28. The third-order valence-corrected chi connectivity index (χ3v) is 2.47. The number of aromatic nitrogens is 2. The molecule has 0 fully saturated rings. The number of rotatable bonds is 0. The zero-order valence-electron chi connectivity index (χ0n) is 7.78. The normalized spacial score (nSPS) is 20.4. The molecular formula is C8H9ClN4O. The van der Waals surface area contributed by atoms with Crippen molar-refractivity contribution < 1.29 is 4.79 Å². The highest BCUT2D eigenvalue weighted by atomic mass is 35.5. The first-order valence-electron chi connectivity index (χ1n) is 4.16. The fourth-order valence-corrected chi connectivity index (χ4v) is 1.43. The van der Waals surface area contributed by atoms with Gasteiger partial charge in [-0.05, 0) is 18.5 Å². The van der Waals surface area contributed by atoms with Gasteiger partial charge in [0, 0.05) is 7.05 Å². The second-order valence-corrected chi connectivity index (χ2v) is 3.49. The van der Waals surface area contributed by atoms with Crippen LogP contribution in [0.15, 0.2) is 6.20 Å². The summed E-state index contributed by atoms with van der Waals surface area (Å²) in [5, 5.41) is 2.88. The molecule has 0 aliphatic carbocycles. The van der Waals surface area contributed by atoms with Crippen LogP contribution in [0.25, 0.3) is 0 Å². The van der Waals surface area contributed by atoms with E-state index in [9.17, 15) is 4.79 Å². The van der Waals surface area contributed by atoms with Gasteiger partial charge in [0.15, 0.2) is 5.82 Å². The number of nitrogens with one attached hydrogen (secondary N) is 1. The minimum absolute atomic E-state index is 0.0640. The van der Waals surface area contributed by atoms with E-state index in [0.717, 1.165) is 0 Å². The Morgan fingerprint density at radius 2 is 2.36 bits per heavy atom. The smallest absolute Gasteiger partial charge is 0.246 e. The van der Waals surface area contributed by atoms with E-state index in [-0.39, 0.29) is 17.2 Å². The number of nitrogens with zero attached hydrogens (tertiary/aromatic N) is 3. The van der Waals surface area contributed by atoms with Crippen molar-refractivity contribution in [2.45, 2.75) is 13.0 Å². The van der Waals surface area contributed by atoms with Crippen LogP contribution < -0.4 is 10.2 Å². The summed E-state index contributed by atoms with van der Waals surface area (Å²) in [5.41, 5.74) is 0.597. The molecule has 1 atom stereocenters. The fourth-order valence-electron chi connectivity index (χ4n) is 1.31. The van der Waals surface area contributed by atoms with Crippen LogP contribution in [0.3, 0.4) is 0 Å². The quantitative estimate of drug-likeness (QED) is 0.650. The minimum Gasteiger partial charge on any atom is -0.346 e. The molecule has 1 aromatic heterocycles. The van der Waals surface area contributed by atoms with Gasteiger partial charge in [0.25, 0.3) is 0 Å². The Morgan fingerprint density at radius 3 is 3.07 bits per heavy atom. The number of hydrogen-bond donors (Lipinski definition) is 1. The predicted molar refractivity (Wildman–Crippen MR) is 53.5 cm³/mol. The van der Waals surface area contributed by atoms with Crippen LogP contribution in [0.2, 0.25) is 5.28 Å². The molecule has 5 nitrogen and oxygen atoms in total. The molecular weight excluding hydrogens is 204 g/mol. The average molecular weight is 213 g/mol. The van der Waals surface area contributed by atoms with Gasteiger partial charge in [0.1, 0.15) is 11.7 Å². The molecule has 0 saturated heterocycles. The first-order valence-corrected chi connectivity index (χ1v) is 4.53. The minimum atomic E-state index is -0.242. The first-order chi connectivity index (χ1) is 6.59. The molecule has 14 heavy (non-hydrogen) atoms. The Kier molecular flexibility index (Phi) is 2.03. The maximum absolute atomic E-state index is 11.4. The van der Waals surface area contributed by atoms with E-state index in [0.29, 0.717) is 11.5 Å². The van der Waals surface area contributed by atoms with E-state index in [4.69, 9.17) is 11.6 Å². The van der Waals surface area contributed by atoms with E-state index < -0.39 is 0 Å². The maximum Gasteiger partial charge on any atom is 0.246 e. The van der Waals surface area contributed by atoms with Gasteiger partial charge in [-0.25, -0.2) is 4.98 Å². The lowest BCUT2D eigenvalue weighted by atomic mass is 10.2. The van der Waals surface area contributed by atoms with Crippen LogP contribution in [0, 0.1) is 0 Å². The van der Waals surface area contributed by atoms with Crippen molar-refractivity contribution in [2.24, 2.45) is 0 Å². The molecule has 6 heteroatoms. The Hall–Kier alpha value is -1.36. The summed E-state index contributed by atoms with van der Waals surface area (Å²) in [4.78, 5) is 21.0. The number of amides is 1. The van der Waals surface area contributed by atoms with Gasteiger partial charge in [-0.1, -0.05) is 0 Å². The summed E-state index contributed by atoms with van der Waals surface area (Å²) in [6.45, 7) is 1.80. The topological polar surface area (TPSA) is 58.1 Å². The number of likely N-dealkylation sites (N-methyl/N-ethyl adjacent to an activating group) is 1. The van der Waals surface area contributed by atoms with Crippen LogP contribution >= 0.6 is 11.6 Å². The maximum atomic E-state index is 11.4. The summed E-state index contributed by atoms with van der Waals surface area (Å²) in [6.07, 6.45) is 1.50. The number of hydrogen-bond acceptors (Lipinski definition) is 4. The van der Waals surface area contributed by atoms with Crippen molar-refractivity contribution in [1.82, 2.24) is 9.97 Å². The van der Waals surface area contributed by atoms with Crippen molar-refractivity contribution >= 4 is 29.0 Å². The molecule has 1 aromatic rings. The van der Waals surface area contributed by atoms with Gasteiger partial charge >= 0.3 is 0 Å². The van der Waals surface area contributed by atoms with Crippen molar-refractivity contribution in [1.29, 1.82) is 0 Å². The van der Waals surface area contributed by atoms with Crippen LogP contribution in [-0.4, -0.2) is 29.0 Å². The second-order valence-electron chi connectivity index (χ2n) is 3.15. The van der Waals surface area contributed by atoms with E-state index in [1.807, 2.05) is 0 Å². The number of fused-ring (bicyclic) bond motifs is 1. The molecule has 1 N–H and O–H groups in total. The van der Waals surface area contributed by atoms with E-state index in [2.05, 4.69) is 15.3 Å². The van der Waals surface area contributed by atoms with Crippen molar-refractivity contribution in [3.63, 3.8) is 0 Å². The molecule has 1 aliphatic heterocycles. The summed E-state index contributed by atoms with van der Waals surface area (Å²) in [6, 6.07) is -0.242. The standard InChI is InChI=1S/C8H9ClN4O/c1-4-7(14)11-5-3-10-8(9)12-6(5)13(4)2/h3-4H,1-2H3,(H,11,14). The number of anilines is 2. The zero-order chi connectivity index (χ0) is 10.3. The Bertz CT molecular complexity index is 395. The lowest BCUT2D eigenvalue weighted by molar-refractivity contribution is -0.117. The molecule has 2 rings (SSSR count). The van der Waals surface area contributed by atoms with Crippen molar-refractivity contribution in [2.75, 3.05) is 17.3 Å². The molecule has 1 unspecified atom stereocenters. The monoisotopic (exact) mass is 212 g/mol. The molecule has 0 radical (unpaired) electrons. The molecule has 1 aliphatic rings. The summed E-state index contributed by atoms with van der Waals surface area (Å²) in [7, 11) is 1.80. The van der Waals surface area contributed by atoms with E-state index >= 15 is 0 Å². The third-order valence-electron chi connectivity index (χ3n) is 2.29. The Balaban J connectivity index is 2.51. The van der Waals surface area contributed by atoms with E-state index in [1.165, 1.54) is 6.20 Å². The predicted octanol–water partition coefficient (Wildman–Crippen LogP) is 0.907. The number of carbonyl (C=O) groups excluding carboxylic acids is 1. The molecule has 0 saturated carbocycles. The van der Waals surface area contributed by atoms with Gasteiger partial charge in [-0.2, -0.15) is 4.98 Å².